The molecule has 80 valence electrons. The Balaban J connectivity index is 2.24. The van der Waals surface area contributed by atoms with Crippen molar-refractivity contribution in [3.8, 4) is 0 Å². The Kier molecular flexibility index (Phi) is 2.64. The molecule has 1 aliphatic rings. The molecule has 1 fully saturated rings. The van der Waals surface area contributed by atoms with Crippen LogP contribution in [0.4, 0.5) is 0 Å². The van der Waals surface area contributed by atoms with E-state index < -0.39 is 0 Å². The summed E-state index contributed by atoms with van der Waals surface area (Å²) in [6.45, 7) is 4.52. The highest BCUT2D eigenvalue weighted by atomic mass is 16.1. The van der Waals surface area contributed by atoms with E-state index in [0.29, 0.717) is 11.2 Å². The van der Waals surface area contributed by atoms with Crippen molar-refractivity contribution in [2.45, 2.75) is 39.0 Å². The monoisotopic (exact) mass is 202 g/mol. The molecule has 0 bridgehead atoms. The van der Waals surface area contributed by atoms with Gasteiger partial charge in [-0.3, -0.25) is 4.79 Å². The van der Waals surface area contributed by atoms with Crippen molar-refractivity contribution in [1.29, 1.82) is 0 Å². The fourth-order valence-corrected chi connectivity index (χ4v) is 2.39. The average molecular weight is 202 g/mol. The largest absolute Gasteiger partial charge is 0.299 e. The lowest BCUT2D eigenvalue weighted by molar-refractivity contribution is -0.123. The van der Waals surface area contributed by atoms with Gasteiger partial charge in [-0.2, -0.15) is 0 Å². The molecule has 1 aromatic rings. The zero-order chi connectivity index (χ0) is 10.9. The molecule has 1 heteroatoms. The molecule has 1 nitrogen and oxygen atoms in total. The number of rotatable bonds is 1. The third-order valence-electron chi connectivity index (χ3n) is 3.40. The highest BCUT2D eigenvalue weighted by Crippen LogP contribution is 2.41. The summed E-state index contributed by atoms with van der Waals surface area (Å²) in [5, 5.41) is 0. The first-order chi connectivity index (χ1) is 7.08. The maximum absolute atomic E-state index is 11.9. The quantitative estimate of drug-likeness (QED) is 0.680. The summed E-state index contributed by atoms with van der Waals surface area (Å²) in [6, 6.07) is 10.2. The van der Waals surface area contributed by atoms with E-state index in [1.807, 2.05) is 18.2 Å². The molecule has 0 heterocycles. The molecular weight excluding hydrogens is 184 g/mol. The molecule has 0 spiro atoms. The smallest absolute Gasteiger partial charge is 0.140 e. The molecule has 0 aliphatic heterocycles. The zero-order valence-corrected chi connectivity index (χ0v) is 9.49. The lowest BCUT2D eigenvalue weighted by Crippen LogP contribution is -2.28. The summed E-state index contributed by atoms with van der Waals surface area (Å²) in [4.78, 5) is 11.9. The van der Waals surface area contributed by atoms with Gasteiger partial charge in [-0.15, -0.1) is 0 Å². The van der Waals surface area contributed by atoms with Gasteiger partial charge in [-0.1, -0.05) is 44.2 Å². The summed E-state index contributed by atoms with van der Waals surface area (Å²) in [6.07, 6.45) is 2.78. The van der Waals surface area contributed by atoms with Gasteiger partial charge in [0, 0.05) is 12.3 Å². The van der Waals surface area contributed by atoms with Crippen LogP contribution in [0.15, 0.2) is 30.3 Å². The predicted octanol–water partition coefficient (Wildman–Crippen LogP) is 3.55. The third kappa shape index (κ3) is 2.28. The minimum absolute atomic E-state index is 0.134. The number of hydrogen-bond acceptors (Lipinski definition) is 1. The fraction of sp³-hybridized carbons (Fsp3) is 0.500. The lowest BCUT2D eigenvalue weighted by atomic mass is 9.69. The highest BCUT2D eigenvalue weighted by Gasteiger charge is 2.34. The van der Waals surface area contributed by atoms with Gasteiger partial charge in [0.25, 0.3) is 0 Å². The molecule has 1 aliphatic carbocycles. The van der Waals surface area contributed by atoms with Gasteiger partial charge in [-0.05, 0) is 23.8 Å². The number of carbonyl (C=O) groups excluding carboxylic acids is 1. The van der Waals surface area contributed by atoms with Gasteiger partial charge in [0.2, 0.25) is 0 Å². The number of carbonyl (C=O) groups is 1. The second-order valence-electron chi connectivity index (χ2n) is 5.30. The Morgan fingerprint density at radius 3 is 2.53 bits per heavy atom. The minimum Gasteiger partial charge on any atom is -0.299 e. The molecule has 1 unspecified atom stereocenters. The van der Waals surface area contributed by atoms with E-state index in [1.54, 1.807) is 0 Å². The van der Waals surface area contributed by atoms with Crippen LogP contribution in [0.5, 0.6) is 0 Å². The molecule has 0 N–H and O–H groups in total. The topological polar surface area (TPSA) is 17.1 Å². The minimum atomic E-state index is 0.134. The van der Waals surface area contributed by atoms with Crippen LogP contribution in [0.25, 0.3) is 0 Å². The van der Waals surface area contributed by atoms with Crippen LogP contribution in [-0.4, -0.2) is 5.78 Å². The average Bonchev–Trinajstić information content (AvgIpc) is 2.23. The number of benzene rings is 1. The van der Waals surface area contributed by atoms with E-state index >= 15 is 0 Å². The van der Waals surface area contributed by atoms with E-state index in [2.05, 4.69) is 26.0 Å². The molecule has 15 heavy (non-hydrogen) atoms. The number of hydrogen-bond donors (Lipinski definition) is 0. The van der Waals surface area contributed by atoms with E-state index in [-0.39, 0.29) is 5.92 Å². The van der Waals surface area contributed by atoms with Crippen LogP contribution in [0, 0.1) is 5.41 Å². The first-order valence-electron chi connectivity index (χ1n) is 5.66. The maximum Gasteiger partial charge on any atom is 0.140 e. The van der Waals surface area contributed by atoms with Crippen molar-refractivity contribution in [3.63, 3.8) is 0 Å². The van der Waals surface area contributed by atoms with Crippen molar-refractivity contribution < 1.29 is 4.79 Å². The Morgan fingerprint density at radius 2 is 1.87 bits per heavy atom. The van der Waals surface area contributed by atoms with Crippen LogP contribution in [0.1, 0.15) is 44.6 Å². The van der Waals surface area contributed by atoms with Crippen LogP contribution >= 0.6 is 0 Å². The molecule has 1 saturated carbocycles. The number of Topliss-reactive ketones (excluding diaryl/α,β-unsaturated/α-hetero) is 1. The summed E-state index contributed by atoms with van der Waals surface area (Å²) in [7, 11) is 0. The highest BCUT2D eigenvalue weighted by molar-refractivity contribution is 5.86. The van der Waals surface area contributed by atoms with Gasteiger partial charge in [0.1, 0.15) is 5.78 Å². The normalized spacial score (nSPS) is 25.2. The molecule has 0 radical (unpaired) electrons. The second kappa shape index (κ2) is 3.80. The van der Waals surface area contributed by atoms with Crippen LogP contribution in [0.2, 0.25) is 0 Å². The van der Waals surface area contributed by atoms with Crippen molar-refractivity contribution in [2.75, 3.05) is 0 Å². The van der Waals surface area contributed by atoms with Crippen LogP contribution < -0.4 is 0 Å². The predicted molar refractivity (Wildman–Crippen MR) is 61.8 cm³/mol. The first kappa shape index (κ1) is 10.4. The van der Waals surface area contributed by atoms with Gasteiger partial charge < -0.3 is 0 Å². The molecule has 0 amide bonds. The summed E-state index contributed by atoms with van der Waals surface area (Å²) < 4.78 is 0. The van der Waals surface area contributed by atoms with Crippen molar-refractivity contribution >= 4 is 5.78 Å². The Morgan fingerprint density at radius 1 is 1.20 bits per heavy atom. The molecule has 2 rings (SSSR count). The summed E-state index contributed by atoms with van der Waals surface area (Å²) in [5.41, 5.74) is 1.50. The van der Waals surface area contributed by atoms with Crippen molar-refractivity contribution in [1.82, 2.24) is 0 Å². The Bertz CT molecular complexity index is 351. The van der Waals surface area contributed by atoms with Crippen LogP contribution in [0.3, 0.4) is 0 Å². The summed E-state index contributed by atoms with van der Waals surface area (Å²) >= 11 is 0. The van der Waals surface area contributed by atoms with Gasteiger partial charge in [-0.25, -0.2) is 0 Å². The lowest BCUT2D eigenvalue weighted by Gasteiger charge is -2.34. The SMILES string of the molecule is CC1(C)CCC(=O)C(c2ccccc2)C1. The van der Waals surface area contributed by atoms with Gasteiger partial charge >= 0.3 is 0 Å². The van der Waals surface area contributed by atoms with Crippen molar-refractivity contribution in [3.05, 3.63) is 35.9 Å². The van der Waals surface area contributed by atoms with Gasteiger partial charge in [0.15, 0.2) is 0 Å². The molecule has 1 atom stereocenters. The van der Waals surface area contributed by atoms with Crippen LogP contribution in [-0.2, 0) is 4.79 Å². The summed E-state index contributed by atoms with van der Waals surface area (Å²) in [5.74, 6) is 0.551. The standard InChI is InChI=1S/C14H18O/c1-14(2)9-8-13(15)12(10-14)11-6-4-3-5-7-11/h3-7,12H,8-10H2,1-2H3. The van der Waals surface area contributed by atoms with Gasteiger partial charge in [0.05, 0.1) is 0 Å². The van der Waals surface area contributed by atoms with E-state index in [0.717, 1.165) is 19.3 Å². The Hall–Kier alpha value is -1.11. The first-order valence-corrected chi connectivity index (χ1v) is 5.66. The van der Waals surface area contributed by atoms with E-state index in [1.165, 1.54) is 5.56 Å². The van der Waals surface area contributed by atoms with Crippen molar-refractivity contribution in [2.24, 2.45) is 5.41 Å². The Labute approximate surface area is 91.5 Å². The second-order valence-corrected chi connectivity index (χ2v) is 5.30. The molecule has 1 aromatic carbocycles. The molecule has 0 saturated heterocycles. The van der Waals surface area contributed by atoms with E-state index in [4.69, 9.17) is 0 Å². The van der Waals surface area contributed by atoms with E-state index in [9.17, 15) is 4.79 Å². The number of ketones is 1. The molecule has 0 aromatic heterocycles. The maximum atomic E-state index is 11.9. The fourth-order valence-electron chi connectivity index (χ4n) is 2.39. The molecular formula is C14H18O. The third-order valence-corrected chi connectivity index (χ3v) is 3.40. The zero-order valence-electron chi connectivity index (χ0n) is 9.49.